The summed E-state index contributed by atoms with van der Waals surface area (Å²) in [5, 5.41) is 0. The summed E-state index contributed by atoms with van der Waals surface area (Å²) >= 11 is 0. The number of rotatable bonds is 10. The van der Waals surface area contributed by atoms with Crippen LogP contribution in [0.15, 0.2) is 18.3 Å². The lowest BCUT2D eigenvalue weighted by molar-refractivity contribution is 0.239. The predicted octanol–water partition coefficient (Wildman–Crippen LogP) is 8.50. The highest BCUT2D eigenvalue weighted by Gasteiger charge is 2.48. The smallest absolute Gasteiger partial charge is 0.264 e. The standard InChI is InChI=1S/C29H74N12P4/c1-25(2)42(34(10)11,35(12)13)31-43(30-29(8,9)24-28(5,6)7)32-44(36(14)15,37(16)17)40(22)26(3)27(4)41(23)45(33-43,38(18)19)39(20)21/h25-27H,24H2,1-23H3. The molecule has 0 amide bonds. The molecule has 1 heterocycles. The third kappa shape index (κ3) is 8.67. The summed E-state index contributed by atoms with van der Waals surface area (Å²) in [7, 11) is 19.8. The van der Waals surface area contributed by atoms with Gasteiger partial charge in [0.05, 0.1) is 5.54 Å². The third-order valence-electron chi connectivity index (χ3n) is 8.84. The highest BCUT2D eigenvalue weighted by molar-refractivity contribution is 7.81. The minimum absolute atomic E-state index is 0.0608. The molecule has 0 aromatic carbocycles. The lowest BCUT2D eigenvalue weighted by Gasteiger charge is -2.49. The molecule has 1 aliphatic rings. The summed E-state index contributed by atoms with van der Waals surface area (Å²) < 4.78 is 43.6. The highest BCUT2D eigenvalue weighted by Crippen LogP contribution is 2.80. The first-order valence-corrected chi connectivity index (χ1v) is 22.6. The Morgan fingerprint density at radius 3 is 1.20 bits per heavy atom. The van der Waals surface area contributed by atoms with Crippen LogP contribution in [0.5, 0.6) is 0 Å². The van der Waals surface area contributed by atoms with E-state index in [9.17, 15) is 0 Å². The van der Waals surface area contributed by atoms with Gasteiger partial charge >= 0.3 is 7.51 Å². The molecule has 2 atom stereocenters. The van der Waals surface area contributed by atoms with Crippen molar-refractivity contribution < 1.29 is 0 Å². The maximum Gasteiger partial charge on any atom is 0.305 e. The van der Waals surface area contributed by atoms with Crippen LogP contribution in [0.3, 0.4) is 0 Å². The van der Waals surface area contributed by atoms with E-state index in [1.54, 1.807) is 0 Å². The minimum atomic E-state index is -3.25. The first kappa shape index (κ1) is 43.6. The van der Waals surface area contributed by atoms with Crippen molar-refractivity contribution >= 4 is 29.9 Å². The van der Waals surface area contributed by atoms with E-state index >= 15 is 0 Å². The molecule has 0 N–H and O–H groups in total. The van der Waals surface area contributed by atoms with Crippen LogP contribution >= 0.6 is 29.9 Å². The zero-order chi connectivity index (χ0) is 35.9. The van der Waals surface area contributed by atoms with E-state index in [1.807, 2.05) is 0 Å². The molecule has 0 aromatic heterocycles. The van der Waals surface area contributed by atoms with Gasteiger partial charge in [0.25, 0.3) is 0 Å². The van der Waals surface area contributed by atoms with Crippen LogP contribution < -0.4 is 0 Å². The fourth-order valence-electron chi connectivity index (χ4n) is 7.26. The van der Waals surface area contributed by atoms with Crippen molar-refractivity contribution in [3.05, 3.63) is 0 Å². The predicted molar refractivity (Wildman–Crippen MR) is 207 cm³/mol. The van der Waals surface area contributed by atoms with Crippen LogP contribution in [-0.4, -0.2) is 159 Å². The molecule has 270 valence electrons. The Hall–Kier alpha value is 0.600. The Kier molecular flexibility index (Phi) is 14.8. The SMILES string of the molecule is CC1C(C)N(C)P(N(C)C)(N(C)C)=NP(=NC(C)(C)CC(C)(C)C)(N=P(C(C)C)(N(C)C)N(C)C)N=P(N(C)C)(N(C)C)N1C. The van der Waals surface area contributed by atoms with Gasteiger partial charge in [-0.15, -0.1) is 0 Å². The largest absolute Gasteiger partial charge is 0.305 e. The van der Waals surface area contributed by atoms with Crippen LogP contribution in [-0.2, 0) is 0 Å². The van der Waals surface area contributed by atoms with Crippen LogP contribution in [0.2, 0.25) is 0 Å². The molecule has 1 aliphatic heterocycles. The zero-order valence-corrected chi connectivity index (χ0v) is 37.2. The van der Waals surface area contributed by atoms with E-state index in [1.165, 1.54) is 0 Å². The second-order valence-electron chi connectivity index (χ2n) is 15.9. The molecule has 0 radical (unpaired) electrons. The summed E-state index contributed by atoms with van der Waals surface area (Å²) in [6.45, 7) is 20.7. The molecule has 1 rings (SSSR count). The summed E-state index contributed by atoms with van der Waals surface area (Å²) in [6.07, 6.45) is 0.891. The zero-order valence-electron chi connectivity index (χ0n) is 33.6. The van der Waals surface area contributed by atoms with Gasteiger partial charge in [-0.2, -0.15) is 13.5 Å². The number of nitrogens with zero attached hydrogens (tertiary/aromatic N) is 12. The Morgan fingerprint density at radius 1 is 0.667 bits per heavy atom. The Morgan fingerprint density at radius 2 is 0.978 bits per heavy atom. The molecular formula is C29H74N12P4. The van der Waals surface area contributed by atoms with E-state index in [0.29, 0.717) is 0 Å². The molecular weight excluding hydrogens is 640 g/mol. The van der Waals surface area contributed by atoms with Crippen molar-refractivity contribution in [3.63, 3.8) is 0 Å². The van der Waals surface area contributed by atoms with Gasteiger partial charge in [-0.3, -0.25) is 28.0 Å². The Balaban J connectivity index is 5.29. The second kappa shape index (κ2) is 15.2. The molecule has 0 spiro atoms. The van der Waals surface area contributed by atoms with Gasteiger partial charge in [-0.25, -0.2) is 14.1 Å². The van der Waals surface area contributed by atoms with Gasteiger partial charge < -0.3 is 0 Å². The van der Waals surface area contributed by atoms with Gasteiger partial charge in [0.15, 0.2) is 15.0 Å². The molecule has 12 nitrogen and oxygen atoms in total. The van der Waals surface area contributed by atoms with Gasteiger partial charge in [0.2, 0.25) is 0 Å². The normalized spacial score (nSPS) is 26.0. The molecule has 0 aromatic rings. The van der Waals surface area contributed by atoms with Gasteiger partial charge in [0, 0.05) is 17.7 Å². The van der Waals surface area contributed by atoms with Crippen LogP contribution in [0.4, 0.5) is 0 Å². The van der Waals surface area contributed by atoms with E-state index in [-0.39, 0.29) is 23.2 Å². The second-order valence-corrected chi connectivity index (χ2v) is 29.8. The quantitative estimate of drug-likeness (QED) is 0.209. The number of hydrogen-bond donors (Lipinski definition) is 0. The van der Waals surface area contributed by atoms with Crippen molar-refractivity contribution in [3.8, 4) is 0 Å². The fourth-order valence-corrected chi connectivity index (χ4v) is 27.2. The summed E-state index contributed by atoms with van der Waals surface area (Å²) in [5.74, 6) is 0. The first-order valence-electron chi connectivity index (χ1n) is 16.1. The van der Waals surface area contributed by atoms with E-state index in [2.05, 4.69) is 198 Å². The molecule has 2 unspecified atom stereocenters. The highest BCUT2D eigenvalue weighted by atomic mass is 31.3. The van der Waals surface area contributed by atoms with E-state index in [0.717, 1.165) is 6.42 Å². The van der Waals surface area contributed by atoms with Gasteiger partial charge in [-0.1, -0.05) is 34.6 Å². The van der Waals surface area contributed by atoms with Crippen molar-refractivity contribution in [2.24, 2.45) is 23.7 Å². The maximum atomic E-state index is 6.19. The lowest BCUT2D eigenvalue weighted by atomic mass is 9.82. The number of hydrogen-bond acceptors (Lipinski definition) is 7. The molecule has 0 aliphatic carbocycles. The van der Waals surface area contributed by atoms with Crippen LogP contribution in [0.25, 0.3) is 0 Å². The fraction of sp³-hybridized carbons (Fsp3) is 1.00. The minimum Gasteiger partial charge on any atom is -0.264 e. The van der Waals surface area contributed by atoms with Crippen molar-refractivity contribution in [1.29, 1.82) is 0 Å². The van der Waals surface area contributed by atoms with Crippen LogP contribution in [0.1, 0.15) is 68.7 Å². The number of likely N-dealkylation sites (N-methyl/N-ethyl adjacent to an activating group) is 2. The molecule has 0 saturated heterocycles. The Bertz CT molecular complexity index is 1120. The molecule has 0 fully saturated rings. The maximum absolute atomic E-state index is 6.19. The molecule has 16 heteroatoms. The van der Waals surface area contributed by atoms with E-state index in [4.69, 9.17) is 18.3 Å². The summed E-state index contributed by atoms with van der Waals surface area (Å²) in [4.78, 5) is 0. The lowest BCUT2D eigenvalue weighted by Crippen LogP contribution is -2.49. The van der Waals surface area contributed by atoms with Crippen molar-refractivity contribution in [1.82, 2.24) is 37.4 Å². The average molecular weight is 715 g/mol. The average Bonchev–Trinajstić information content (AvgIpc) is 2.85. The summed E-state index contributed by atoms with van der Waals surface area (Å²) in [6, 6.07) is 0.336. The van der Waals surface area contributed by atoms with Gasteiger partial charge in [-0.05, 0) is 138 Å². The first-order chi connectivity index (χ1) is 20.0. The molecule has 45 heavy (non-hydrogen) atoms. The third-order valence-corrected chi connectivity index (χ3v) is 26.0. The van der Waals surface area contributed by atoms with Crippen molar-refractivity contribution in [2.75, 3.05) is 98.7 Å². The van der Waals surface area contributed by atoms with Crippen molar-refractivity contribution in [2.45, 2.75) is 92.0 Å². The Labute approximate surface area is 281 Å². The van der Waals surface area contributed by atoms with Crippen LogP contribution in [0, 0.1) is 5.41 Å². The monoisotopic (exact) mass is 715 g/mol. The van der Waals surface area contributed by atoms with E-state index < -0.39 is 35.4 Å². The molecule has 0 bridgehead atoms. The van der Waals surface area contributed by atoms with Gasteiger partial charge in [0.1, 0.15) is 7.36 Å². The topological polar surface area (TPSA) is 75.4 Å². The molecule has 0 saturated carbocycles. The summed E-state index contributed by atoms with van der Waals surface area (Å²) in [5.41, 5.74) is -0.131.